The average molecular weight is 559 g/mol. The maximum absolute atomic E-state index is 13.0. The van der Waals surface area contributed by atoms with E-state index in [1.54, 1.807) is 12.1 Å². The number of nitrogens with zero attached hydrogens (tertiary/aromatic N) is 1. The van der Waals surface area contributed by atoms with Gasteiger partial charge in [0.1, 0.15) is 17.9 Å². The first-order valence-corrected chi connectivity index (χ1v) is 14.0. The summed E-state index contributed by atoms with van der Waals surface area (Å²) < 4.78 is 11.8. The zero-order valence-corrected chi connectivity index (χ0v) is 23.3. The Balaban J connectivity index is 1.28. The van der Waals surface area contributed by atoms with Crippen LogP contribution in [0.15, 0.2) is 39.5 Å². The normalized spacial score (nSPS) is 21.4. The van der Waals surface area contributed by atoms with Gasteiger partial charge in [0.2, 0.25) is 5.91 Å². The molecule has 1 aromatic heterocycles. The fraction of sp³-hybridized carbons (Fsp3) is 0.467. The second-order valence-corrected chi connectivity index (χ2v) is 11.5. The van der Waals surface area contributed by atoms with E-state index in [1.165, 1.54) is 0 Å². The molecule has 1 aliphatic heterocycles. The molecular weight excluding hydrogens is 525 g/mol. The number of rotatable bonds is 6. The molecule has 3 aromatic rings. The maximum Gasteiger partial charge on any atom is 0.339 e. The largest absolute Gasteiger partial charge is 0.488 e. The Hall–Kier alpha value is -2.54. The van der Waals surface area contributed by atoms with Crippen LogP contribution in [0.5, 0.6) is 5.75 Å². The summed E-state index contributed by atoms with van der Waals surface area (Å²) in [7, 11) is 0. The lowest BCUT2D eigenvalue weighted by Crippen LogP contribution is -2.54. The Morgan fingerprint density at radius 1 is 1.13 bits per heavy atom. The van der Waals surface area contributed by atoms with Crippen molar-refractivity contribution in [3.63, 3.8) is 0 Å². The number of halogens is 2. The van der Waals surface area contributed by atoms with Crippen molar-refractivity contribution in [3.05, 3.63) is 73.1 Å². The van der Waals surface area contributed by atoms with Crippen LogP contribution < -0.4 is 10.4 Å². The van der Waals surface area contributed by atoms with Gasteiger partial charge in [0.15, 0.2) is 0 Å². The molecule has 0 radical (unpaired) electrons. The number of piperidine rings is 1. The number of amides is 1. The highest BCUT2D eigenvalue weighted by Crippen LogP contribution is 2.40. The van der Waals surface area contributed by atoms with Gasteiger partial charge in [-0.3, -0.25) is 4.79 Å². The predicted molar refractivity (Wildman–Crippen MR) is 149 cm³/mol. The van der Waals surface area contributed by atoms with Crippen molar-refractivity contribution in [2.45, 2.75) is 71.0 Å². The number of likely N-dealkylation sites (tertiary alicyclic amines) is 1. The summed E-state index contributed by atoms with van der Waals surface area (Å²) in [5, 5.41) is 12.7. The molecule has 2 fully saturated rings. The third-order valence-electron chi connectivity index (χ3n) is 8.40. The van der Waals surface area contributed by atoms with E-state index in [0.717, 1.165) is 47.8 Å². The van der Waals surface area contributed by atoms with E-state index < -0.39 is 11.2 Å². The van der Waals surface area contributed by atoms with Crippen molar-refractivity contribution >= 4 is 40.1 Å². The molecule has 1 aliphatic carbocycles. The second kappa shape index (κ2) is 10.9. The second-order valence-electron chi connectivity index (χ2n) is 10.7. The molecule has 0 spiro atoms. The van der Waals surface area contributed by atoms with Crippen molar-refractivity contribution in [3.8, 4) is 5.75 Å². The van der Waals surface area contributed by atoms with E-state index in [4.69, 9.17) is 32.4 Å². The summed E-state index contributed by atoms with van der Waals surface area (Å²) in [6, 6.07) is 9.10. The summed E-state index contributed by atoms with van der Waals surface area (Å²) in [5.41, 5.74) is 2.41. The summed E-state index contributed by atoms with van der Waals surface area (Å²) in [6.45, 7) is 5.23. The zero-order valence-electron chi connectivity index (χ0n) is 21.8. The fourth-order valence-corrected chi connectivity index (χ4v) is 6.31. The molecule has 202 valence electrons. The van der Waals surface area contributed by atoms with Crippen LogP contribution in [0, 0.1) is 19.8 Å². The fourth-order valence-electron chi connectivity index (χ4n) is 5.99. The third kappa shape index (κ3) is 5.31. The van der Waals surface area contributed by atoms with Crippen molar-refractivity contribution in [1.82, 2.24) is 4.90 Å². The lowest BCUT2D eigenvalue weighted by Gasteiger charge is -2.47. The van der Waals surface area contributed by atoms with Gasteiger partial charge in [-0.2, -0.15) is 0 Å². The molecule has 2 aliphatic rings. The maximum atomic E-state index is 13.0. The van der Waals surface area contributed by atoms with Crippen LogP contribution in [0.25, 0.3) is 11.0 Å². The minimum atomic E-state index is -0.618. The van der Waals surface area contributed by atoms with Crippen LogP contribution in [0.3, 0.4) is 0 Å². The average Bonchev–Trinajstić information content (AvgIpc) is 2.89. The lowest BCUT2D eigenvalue weighted by molar-refractivity contribution is -0.143. The Kier molecular flexibility index (Phi) is 7.77. The van der Waals surface area contributed by atoms with Gasteiger partial charge in [0.25, 0.3) is 0 Å². The quantitative estimate of drug-likeness (QED) is 0.355. The number of fused-ring (bicyclic) bond motifs is 2. The number of carbonyl (C=O) groups excluding carboxylic acids is 1. The Labute approximate surface area is 232 Å². The molecule has 0 bridgehead atoms. The Morgan fingerprint density at radius 3 is 2.74 bits per heavy atom. The standard InChI is InChI=1S/C30H33Cl2NO5/c1-18-22-7-10-26(37-17-20-6-9-24(31)25(32)15-20)19(2)28(22)38-29(35)23(18)8-11-27(34)33-14-13-30(36)12-4-3-5-21(30)16-33/h6-7,9-10,15,21,36H,3-5,8,11-14,16-17H2,1-2H3/t21-,30-/m0/s1. The molecule has 1 N–H and O–H groups in total. The van der Waals surface area contributed by atoms with Gasteiger partial charge in [0, 0.05) is 41.9 Å². The van der Waals surface area contributed by atoms with Crippen molar-refractivity contribution in [2.24, 2.45) is 5.92 Å². The van der Waals surface area contributed by atoms with Gasteiger partial charge in [-0.05, 0) is 74.9 Å². The number of benzene rings is 2. The molecule has 1 saturated heterocycles. The van der Waals surface area contributed by atoms with E-state index in [0.29, 0.717) is 59.5 Å². The van der Waals surface area contributed by atoms with Gasteiger partial charge < -0.3 is 19.2 Å². The summed E-state index contributed by atoms with van der Waals surface area (Å²) >= 11 is 12.1. The minimum absolute atomic E-state index is 0.0266. The molecule has 38 heavy (non-hydrogen) atoms. The molecule has 8 heteroatoms. The van der Waals surface area contributed by atoms with Crippen molar-refractivity contribution in [1.29, 1.82) is 0 Å². The third-order valence-corrected chi connectivity index (χ3v) is 9.14. The van der Waals surface area contributed by atoms with Crippen molar-refractivity contribution < 1.29 is 19.1 Å². The molecule has 6 nitrogen and oxygen atoms in total. The Morgan fingerprint density at radius 2 is 1.95 bits per heavy atom. The van der Waals surface area contributed by atoms with Crippen LogP contribution >= 0.6 is 23.2 Å². The molecule has 1 amide bonds. The van der Waals surface area contributed by atoms with E-state index in [1.807, 2.05) is 36.9 Å². The van der Waals surface area contributed by atoms with Crippen LogP contribution in [0.4, 0.5) is 0 Å². The first kappa shape index (κ1) is 27.0. The number of hydrogen-bond acceptors (Lipinski definition) is 5. The molecule has 2 atom stereocenters. The van der Waals surface area contributed by atoms with E-state index in [-0.39, 0.29) is 18.2 Å². The first-order valence-electron chi connectivity index (χ1n) is 13.3. The first-order chi connectivity index (χ1) is 18.2. The van der Waals surface area contributed by atoms with Gasteiger partial charge in [-0.1, -0.05) is 42.1 Å². The van der Waals surface area contributed by atoms with Gasteiger partial charge >= 0.3 is 5.63 Å². The van der Waals surface area contributed by atoms with Gasteiger partial charge in [0.05, 0.1) is 15.6 Å². The van der Waals surface area contributed by atoms with Crippen LogP contribution in [0.1, 0.15) is 60.8 Å². The predicted octanol–water partition coefficient (Wildman–Crippen LogP) is 6.38. The highest BCUT2D eigenvalue weighted by atomic mass is 35.5. The SMILES string of the molecule is Cc1c(CCC(=O)N2CC[C@@]3(O)CCCC[C@H]3C2)c(=O)oc2c(C)c(OCc3ccc(Cl)c(Cl)c3)ccc12. The van der Waals surface area contributed by atoms with Crippen LogP contribution in [0.2, 0.25) is 10.0 Å². The Bertz CT molecular complexity index is 1430. The monoisotopic (exact) mass is 557 g/mol. The molecular formula is C30H33Cl2NO5. The van der Waals surface area contributed by atoms with Crippen LogP contribution in [-0.2, 0) is 17.8 Å². The topological polar surface area (TPSA) is 80.0 Å². The lowest BCUT2D eigenvalue weighted by atomic mass is 9.71. The zero-order chi connectivity index (χ0) is 27.0. The highest BCUT2D eigenvalue weighted by Gasteiger charge is 2.43. The van der Waals surface area contributed by atoms with Crippen molar-refractivity contribution in [2.75, 3.05) is 13.1 Å². The molecule has 5 rings (SSSR count). The summed E-state index contributed by atoms with van der Waals surface area (Å²) in [4.78, 5) is 27.9. The summed E-state index contributed by atoms with van der Waals surface area (Å²) in [6.07, 6.45) is 5.16. The van der Waals surface area contributed by atoms with Gasteiger partial charge in [-0.25, -0.2) is 4.79 Å². The number of aliphatic hydroxyl groups is 1. The molecule has 0 unspecified atom stereocenters. The van der Waals surface area contributed by atoms with E-state index in [2.05, 4.69) is 0 Å². The highest BCUT2D eigenvalue weighted by molar-refractivity contribution is 6.42. The molecule has 2 aromatic carbocycles. The number of aryl methyl sites for hydroxylation is 2. The minimum Gasteiger partial charge on any atom is -0.488 e. The molecule has 1 saturated carbocycles. The molecule has 2 heterocycles. The smallest absolute Gasteiger partial charge is 0.339 e. The van der Waals surface area contributed by atoms with Gasteiger partial charge in [-0.15, -0.1) is 0 Å². The number of carbonyl (C=O) groups is 1. The number of ether oxygens (including phenoxy) is 1. The number of hydrogen-bond donors (Lipinski definition) is 1. The van der Waals surface area contributed by atoms with Crippen LogP contribution in [-0.4, -0.2) is 34.6 Å². The summed E-state index contributed by atoms with van der Waals surface area (Å²) in [5.74, 6) is 0.790. The van der Waals surface area contributed by atoms with E-state index >= 15 is 0 Å². The van der Waals surface area contributed by atoms with E-state index in [9.17, 15) is 14.7 Å².